The van der Waals surface area contributed by atoms with Gasteiger partial charge in [0.15, 0.2) is 0 Å². The van der Waals surface area contributed by atoms with Crippen LogP contribution in [0.2, 0.25) is 0 Å². The summed E-state index contributed by atoms with van der Waals surface area (Å²) in [5.74, 6) is 0.00745. The van der Waals surface area contributed by atoms with Gasteiger partial charge in [-0.3, -0.25) is 9.59 Å². The topological polar surface area (TPSA) is 78.4 Å². The van der Waals surface area contributed by atoms with Gasteiger partial charge < -0.3 is 15.7 Å². The minimum atomic E-state index is -0.401. The number of amides is 2. The maximum absolute atomic E-state index is 11.7. The van der Waals surface area contributed by atoms with E-state index in [4.69, 9.17) is 0 Å². The smallest absolute Gasteiger partial charge is 0.242 e. The van der Waals surface area contributed by atoms with E-state index in [0.717, 1.165) is 5.56 Å². The molecule has 0 aromatic heterocycles. The molecule has 0 saturated carbocycles. The molecule has 2 rings (SSSR count). The van der Waals surface area contributed by atoms with Gasteiger partial charge in [0.25, 0.3) is 0 Å². The summed E-state index contributed by atoms with van der Waals surface area (Å²) in [5, 5.41) is 14.9. The summed E-state index contributed by atoms with van der Waals surface area (Å²) in [6.45, 7) is 0.447. The molecule has 1 atom stereocenters. The fraction of sp³-hybridized carbons (Fsp3) is 0.385. The van der Waals surface area contributed by atoms with E-state index in [-0.39, 0.29) is 17.6 Å². The quantitative estimate of drug-likeness (QED) is 0.718. The molecule has 2 amide bonds. The zero-order chi connectivity index (χ0) is 13.0. The molecule has 1 heterocycles. The van der Waals surface area contributed by atoms with E-state index in [0.29, 0.717) is 25.8 Å². The standard InChI is InChI=1S/C13H16N2O3/c16-11-4-2-1-3-9(11)7-8-14-13(18)10-5-6-12(17)15-10/h1-4,10,16H,5-8H2,(H,14,18)(H,15,17). The van der Waals surface area contributed by atoms with Crippen molar-refractivity contribution in [1.82, 2.24) is 10.6 Å². The third-order valence-corrected chi connectivity index (χ3v) is 3.00. The Kier molecular flexibility index (Phi) is 3.82. The maximum atomic E-state index is 11.7. The molecular formula is C13H16N2O3. The van der Waals surface area contributed by atoms with Crippen molar-refractivity contribution in [2.24, 2.45) is 0 Å². The van der Waals surface area contributed by atoms with E-state index in [9.17, 15) is 14.7 Å². The monoisotopic (exact) mass is 248 g/mol. The molecule has 1 aromatic carbocycles. The van der Waals surface area contributed by atoms with Gasteiger partial charge in [0.05, 0.1) is 0 Å². The Hall–Kier alpha value is -2.04. The first kappa shape index (κ1) is 12.4. The molecule has 18 heavy (non-hydrogen) atoms. The number of aromatic hydroxyl groups is 1. The fourth-order valence-electron chi connectivity index (χ4n) is 1.98. The Labute approximate surface area is 105 Å². The molecule has 0 radical (unpaired) electrons. The van der Waals surface area contributed by atoms with E-state index < -0.39 is 6.04 Å². The van der Waals surface area contributed by atoms with Crippen molar-refractivity contribution < 1.29 is 14.7 Å². The highest BCUT2D eigenvalue weighted by Gasteiger charge is 2.26. The Bertz CT molecular complexity index is 459. The first-order chi connectivity index (χ1) is 8.66. The summed E-state index contributed by atoms with van der Waals surface area (Å²) in [6.07, 6.45) is 1.54. The van der Waals surface area contributed by atoms with Gasteiger partial charge in [-0.05, 0) is 24.5 Å². The van der Waals surface area contributed by atoms with Crippen molar-refractivity contribution in [1.29, 1.82) is 0 Å². The number of phenols is 1. The number of nitrogens with one attached hydrogen (secondary N) is 2. The summed E-state index contributed by atoms with van der Waals surface area (Å²) in [7, 11) is 0. The van der Waals surface area contributed by atoms with Crippen LogP contribution >= 0.6 is 0 Å². The summed E-state index contributed by atoms with van der Waals surface area (Å²) in [4.78, 5) is 22.7. The van der Waals surface area contributed by atoms with Crippen LogP contribution in [0.4, 0.5) is 0 Å². The van der Waals surface area contributed by atoms with Crippen molar-refractivity contribution in [2.75, 3.05) is 6.54 Å². The van der Waals surface area contributed by atoms with Crippen LogP contribution in [-0.2, 0) is 16.0 Å². The maximum Gasteiger partial charge on any atom is 0.242 e. The molecule has 1 aromatic rings. The highest BCUT2D eigenvalue weighted by Crippen LogP contribution is 2.15. The summed E-state index contributed by atoms with van der Waals surface area (Å²) in [6, 6.07) is 6.63. The summed E-state index contributed by atoms with van der Waals surface area (Å²) < 4.78 is 0. The molecule has 1 aliphatic rings. The molecule has 96 valence electrons. The van der Waals surface area contributed by atoms with Crippen LogP contribution in [0.15, 0.2) is 24.3 Å². The van der Waals surface area contributed by atoms with Gasteiger partial charge in [-0.15, -0.1) is 0 Å². The molecule has 5 nitrogen and oxygen atoms in total. The molecule has 1 aliphatic heterocycles. The van der Waals surface area contributed by atoms with Gasteiger partial charge in [0, 0.05) is 13.0 Å². The van der Waals surface area contributed by atoms with E-state index in [1.807, 2.05) is 12.1 Å². The van der Waals surface area contributed by atoms with Crippen molar-refractivity contribution in [3.63, 3.8) is 0 Å². The number of carbonyl (C=O) groups excluding carboxylic acids is 2. The van der Waals surface area contributed by atoms with Gasteiger partial charge in [0.1, 0.15) is 11.8 Å². The predicted molar refractivity (Wildman–Crippen MR) is 66.0 cm³/mol. The second-order valence-corrected chi connectivity index (χ2v) is 4.33. The highest BCUT2D eigenvalue weighted by atomic mass is 16.3. The van der Waals surface area contributed by atoms with Crippen molar-refractivity contribution in [3.05, 3.63) is 29.8 Å². The third kappa shape index (κ3) is 3.00. The normalized spacial score (nSPS) is 18.4. The summed E-state index contributed by atoms with van der Waals surface area (Å²) >= 11 is 0. The molecule has 1 unspecified atom stereocenters. The molecule has 1 fully saturated rings. The van der Waals surface area contributed by atoms with Crippen LogP contribution in [-0.4, -0.2) is 29.5 Å². The van der Waals surface area contributed by atoms with Crippen LogP contribution in [0, 0.1) is 0 Å². The number of hydrogen-bond donors (Lipinski definition) is 3. The number of benzene rings is 1. The Morgan fingerprint density at radius 3 is 2.89 bits per heavy atom. The number of phenolic OH excluding ortho intramolecular Hbond substituents is 1. The Balaban J connectivity index is 1.77. The largest absolute Gasteiger partial charge is 0.508 e. The van der Waals surface area contributed by atoms with E-state index in [1.54, 1.807) is 12.1 Å². The number of para-hydroxylation sites is 1. The SMILES string of the molecule is O=C1CCC(C(=O)NCCc2ccccc2O)N1. The molecule has 1 saturated heterocycles. The summed E-state index contributed by atoms with van der Waals surface area (Å²) in [5.41, 5.74) is 0.799. The highest BCUT2D eigenvalue weighted by molar-refractivity contribution is 5.90. The minimum absolute atomic E-state index is 0.0733. The molecule has 0 aliphatic carbocycles. The average Bonchev–Trinajstić information content (AvgIpc) is 2.78. The zero-order valence-electron chi connectivity index (χ0n) is 9.98. The molecule has 5 heteroatoms. The lowest BCUT2D eigenvalue weighted by molar-refractivity contribution is -0.125. The van der Waals surface area contributed by atoms with Crippen molar-refractivity contribution >= 4 is 11.8 Å². The van der Waals surface area contributed by atoms with E-state index in [2.05, 4.69) is 10.6 Å². The van der Waals surface area contributed by atoms with Crippen LogP contribution < -0.4 is 10.6 Å². The Morgan fingerprint density at radius 2 is 2.22 bits per heavy atom. The number of rotatable bonds is 4. The van der Waals surface area contributed by atoms with Gasteiger partial charge in [-0.1, -0.05) is 18.2 Å². The predicted octanol–water partition coefficient (Wildman–Crippen LogP) is 0.329. The van der Waals surface area contributed by atoms with Crippen molar-refractivity contribution in [3.8, 4) is 5.75 Å². The third-order valence-electron chi connectivity index (χ3n) is 3.00. The van der Waals surface area contributed by atoms with Gasteiger partial charge >= 0.3 is 0 Å². The zero-order valence-corrected chi connectivity index (χ0v) is 9.98. The van der Waals surface area contributed by atoms with Crippen LogP contribution in [0.5, 0.6) is 5.75 Å². The van der Waals surface area contributed by atoms with E-state index in [1.165, 1.54) is 0 Å². The molecule has 0 bridgehead atoms. The van der Waals surface area contributed by atoms with Gasteiger partial charge in [0.2, 0.25) is 11.8 Å². The second kappa shape index (κ2) is 5.53. The van der Waals surface area contributed by atoms with Crippen LogP contribution in [0.1, 0.15) is 18.4 Å². The minimum Gasteiger partial charge on any atom is -0.508 e. The molecular weight excluding hydrogens is 232 g/mol. The van der Waals surface area contributed by atoms with E-state index >= 15 is 0 Å². The number of hydrogen-bond acceptors (Lipinski definition) is 3. The Morgan fingerprint density at radius 1 is 1.44 bits per heavy atom. The van der Waals surface area contributed by atoms with Gasteiger partial charge in [-0.2, -0.15) is 0 Å². The number of carbonyl (C=O) groups is 2. The van der Waals surface area contributed by atoms with Crippen LogP contribution in [0.25, 0.3) is 0 Å². The van der Waals surface area contributed by atoms with Crippen molar-refractivity contribution in [2.45, 2.75) is 25.3 Å². The lowest BCUT2D eigenvalue weighted by atomic mass is 10.1. The second-order valence-electron chi connectivity index (χ2n) is 4.33. The lowest BCUT2D eigenvalue weighted by Gasteiger charge is -2.11. The first-order valence-corrected chi connectivity index (χ1v) is 6.01. The first-order valence-electron chi connectivity index (χ1n) is 6.01. The van der Waals surface area contributed by atoms with Gasteiger partial charge in [-0.25, -0.2) is 0 Å². The fourth-order valence-corrected chi connectivity index (χ4v) is 1.98. The average molecular weight is 248 g/mol. The lowest BCUT2D eigenvalue weighted by Crippen LogP contribution is -2.42. The molecule has 3 N–H and O–H groups in total. The van der Waals surface area contributed by atoms with Crippen LogP contribution in [0.3, 0.4) is 0 Å². The molecule has 0 spiro atoms.